The van der Waals surface area contributed by atoms with Gasteiger partial charge in [-0.15, -0.1) is 0 Å². The van der Waals surface area contributed by atoms with Crippen molar-refractivity contribution in [2.45, 2.75) is 51.7 Å². The molecule has 0 aliphatic carbocycles. The van der Waals surface area contributed by atoms with Crippen LogP contribution in [0, 0.1) is 6.92 Å². The van der Waals surface area contributed by atoms with E-state index in [1.54, 1.807) is 9.58 Å². The van der Waals surface area contributed by atoms with Gasteiger partial charge in [0.1, 0.15) is 11.4 Å². The topological polar surface area (TPSA) is 100 Å². The smallest absolute Gasteiger partial charge is 0.379 e. The maximum absolute atomic E-state index is 13.6. The van der Waals surface area contributed by atoms with Crippen LogP contribution < -0.4 is 10.6 Å². The van der Waals surface area contributed by atoms with Crippen LogP contribution in [0.15, 0.2) is 12.4 Å². The van der Waals surface area contributed by atoms with Crippen molar-refractivity contribution in [1.29, 1.82) is 0 Å². The molecule has 2 fully saturated rings. The van der Waals surface area contributed by atoms with E-state index in [0.717, 1.165) is 58.3 Å². The summed E-state index contributed by atoms with van der Waals surface area (Å²) in [5.41, 5.74) is 0.399. The molecule has 4 rings (SSSR count). The number of carbonyl (C=O) groups is 1. The Morgan fingerprint density at radius 3 is 2.68 bits per heavy atom. The number of alkyl halides is 3. The SMILES string of the molecule is Cc1nn(CCN2CCOCC2)cc1Nc1ncc(C(F)(F)F)c(NCCCN2CCCCCC2=O)n1. The second-order valence-corrected chi connectivity index (χ2v) is 9.40. The van der Waals surface area contributed by atoms with E-state index in [4.69, 9.17) is 4.74 Å². The molecule has 0 unspecified atom stereocenters. The van der Waals surface area contributed by atoms with Gasteiger partial charge in [0.05, 0.1) is 31.1 Å². The molecule has 37 heavy (non-hydrogen) atoms. The molecule has 204 valence electrons. The predicted molar refractivity (Wildman–Crippen MR) is 133 cm³/mol. The number of aromatic nitrogens is 4. The first-order valence-corrected chi connectivity index (χ1v) is 12.9. The van der Waals surface area contributed by atoms with Gasteiger partial charge in [0.15, 0.2) is 0 Å². The predicted octanol–water partition coefficient (Wildman–Crippen LogP) is 3.28. The van der Waals surface area contributed by atoms with Gasteiger partial charge >= 0.3 is 6.18 Å². The Hall–Kier alpha value is -2.93. The summed E-state index contributed by atoms with van der Waals surface area (Å²) in [6.07, 6.45) is 1.93. The average molecular weight is 525 g/mol. The minimum Gasteiger partial charge on any atom is -0.379 e. The molecule has 10 nitrogen and oxygen atoms in total. The average Bonchev–Trinajstić information content (AvgIpc) is 3.08. The number of carbonyl (C=O) groups excluding carboxylic acids is 1. The van der Waals surface area contributed by atoms with Gasteiger partial charge in [0.25, 0.3) is 0 Å². The van der Waals surface area contributed by atoms with Gasteiger partial charge in [-0.3, -0.25) is 14.4 Å². The zero-order chi connectivity index (χ0) is 26.3. The summed E-state index contributed by atoms with van der Waals surface area (Å²) in [5.74, 6) is -0.124. The molecule has 0 bridgehead atoms. The molecule has 2 saturated heterocycles. The van der Waals surface area contributed by atoms with E-state index in [-0.39, 0.29) is 24.2 Å². The fraction of sp³-hybridized carbons (Fsp3) is 0.667. The molecule has 0 aromatic carbocycles. The first-order chi connectivity index (χ1) is 17.8. The summed E-state index contributed by atoms with van der Waals surface area (Å²) < 4.78 is 47.9. The van der Waals surface area contributed by atoms with E-state index in [1.807, 2.05) is 13.1 Å². The molecule has 2 aromatic heterocycles. The highest BCUT2D eigenvalue weighted by Gasteiger charge is 2.35. The van der Waals surface area contributed by atoms with E-state index in [0.29, 0.717) is 43.9 Å². The van der Waals surface area contributed by atoms with Crippen LogP contribution in [0.5, 0.6) is 0 Å². The van der Waals surface area contributed by atoms with Crippen LogP contribution >= 0.6 is 0 Å². The van der Waals surface area contributed by atoms with Crippen molar-refractivity contribution in [1.82, 2.24) is 29.5 Å². The summed E-state index contributed by atoms with van der Waals surface area (Å²) in [7, 11) is 0. The van der Waals surface area contributed by atoms with Gasteiger partial charge in [-0.1, -0.05) is 6.42 Å². The molecule has 2 N–H and O–H groups in total. The highest BCUT2D eigenvalue weighted by molar-refractivity contribution is 5.76. The number of nitrogens with one attached hydrogen (secondary N) is 2. The molecule has 2 aromatic rings. The Kier molecular flexibility index (Phi) is 9.19. The lowest BCUT2D eigenvalue weighted by atomic mass is 10.2. The zero-order valence-corrected chi connectivity index (χ0v) is 21.2. The molecular weight excluding hydrogens is 489 g/mol. The van der Waals surface area contributed by atoms with E-state index in [2.05, 4.69) is 30.6 Å². The third kappa shape index (κ3) is 7.78. The van der Waals surface area contributed by atoms with Crippen LogP contribution in [0.2, 0.25) is 0 Å². The number of rotatable bonds is 10. The van der Waals surface area contributed by atoms with Crippen LogP contribution in [0.4, 0.5) is 30.6 Å². The number of hydrogen-bond donors (Lipinski definition) is 2. The standard InChI is InChI=1S/C24H35F3N8O2/c1-18-20(17-35(32-18)11-10-33-12-14-37-15-13-33)30-23-29-16-19(24(25,26)27)22(31-23)28-7-5-9-34-8-4-2-3-6-21(34)36/h16-17H,2-15H2,1H3,(H2,28,29,30,31). The van der Waals surface area contributed by atoms with Crippen LogP contribution in [0.3, 0.4) is 0 Å². The number of morpholine rings is 1. The first-order valence-electron chi connectivity index (χ1n) is 12.9. The number of halogens is 3. The monoisotopic (exact) mass is 524 g/mol. The van der Waals surface area contributed by atoms with Crippen molar-refractivity contribution >= 4 is 23.4 Å². The molecule has 2 aliphatic rings. The molecule has 0 radical (unpaired) electrons. The summed E-state index contributed by atoms with van der Waals surface area (Å²) in [6.45, 7) is 8.01. The number of likely N-dealkylation sites (tertiary alicyclic amines) is 1. The fourth-order valence-electron chi connectivity index (χ4n) is 4.48. The Morgan fingerprint density at radius 1 is 1.08 bits per heavy atom. The van der Waals surface area contributed by atoms with Gasteiger partial charge in [0.2, 0.25) is 11.9 Å². The van der Waals surface area contributed by atoms with E-state index >= 15 is 0 Å². The van der Waals surface area contributed by atoms with Crippen LogP contribution in [0.1, 0.15) is 43.4 Å². The van der Waals surface area contributed by atoms with E-state index in [9.17, 15) is 18.0 Å². The van der Waals surface area contributed by atoms with Crippen molar-refractivity contribution in [2.75, 3.05) is 63.1 Å². The van der Waals surface area contributed by atoms with Gasteiger partial charge in [0, 0.05) is 58.1 Å². The maximum atomic E-state index is 13.6. The van der Waals surface area contributed by atoms with Crippen molar-refractivity contribution in [2.24, 2.45) is 0 Å². The van der Waals surface area contributed by atoms with Crippen LogP contribution in [-0.4, -0.2) is 87.9 Å². The molecule has 4 heterocycles. The van der Waals surface area contributed by atoms with E-state index < -0.39 is 11.7 Å². The fourth-order valence-corrected chi connectivity index (χ4v) is 4.48. The Bertz CT molecular complexity index is 1040. The minimum atomic E-state index is -4.60. The van der Waals surface area contributed by atoms with Crippen molar-refractivity contribution in [3.8, 4) is 0 Å². The second kappa shape index (κ2) is 12.5. The van der Waals surface area contributed by atoms with Gasteiger partial charge in [-0.2, -0.15) is 23.3 Å². The lowest BCUT2D eigenvalue weighted by molar-refractivity contribution is -0.137. The molecule has 0 atom stereocenters. The van der Waals surface area contributed by atoms with Gasteiger partial charge in [-0.25, -0.2) is 4.98 Å². The van der Waals surface area contributed by atoms with E-state index in [1.165, 1.54) is 0 Å². The van der Waals surface area contributed by atoms with Crippen molar-refractivity contribution in [3.05, 3.63) is 23.7 Å². The largest absolute Gasteiger partial charge is 0.421 e. The molecule has 1 amide bonds. The van der Waals surface area contributed by atoms with Crippen molar-refractivity contribution in [3.63, 3.8) is 0 Å². The van der Waals surface area contributed by atoms with Gasteiger partial charge < -0.3 is 20.3 Å². The second-order valence-electron chi connectivity index (χ2n) is 9.40. The molecule has 0 spiro atoms. The highest BCUT2D eigenvalue weighted by atomic mass is 19.4. The molecule has 0 saturated carbocycles. The zero-order valence-electron chi connectivity index (χ0n) is 21.2. The highest BCUT2D eigenvalue weighted by Crippen LogP contribution is 2.34. The molecule has 2 aliphatic heterocycles. The summed E-state index contributed by atoms with van der Waals surface area (Å²) >= 11 is 0. The first kappa shape index (κ1) is 27.1. The Balaban J connectivity index is 1.37. The van der Waals surface area contributed by atoms with Gasteiger partial charge in [-0.05, 0) is 26.2 Å². The van der Waals surface area contributed by atoms with Crippen molar-refractivity contribution < 1.29 is 22.7 Å². The minimum absolute atomic E-state index is 0.0500. The Labute approximate surface area is 214 Å². The summed E-state index contributed by atoms with van der Waals surface area (Å²) in [6, 6.07) is 0. The third-order valence-corrected chi connectivity index (χ3v) is 6.60. The molecule has 13 heteroatoms. The normalized spacial score (nSPS) is 17.6. The summed E-state index contributed by atoms with van der Waals surface area (Å²) in [5, 5.41) is 10.3. The Morgan fingerprint density at radius 2 is 1.89 bits per heavy atom. The lowest BCUT2D eigenvalue weighted by Gasteiger charge is -2.26. The number of ether oxygens (including phenoxy) is 1. The number of amides is 1. The van der Waals surface area contributed by atoms with Crippen LogP contribution in [-0.2, 0) is 22.3 Å². The number of hydrogen-bond acceptors (Lipinski definition) is 8. The maximum Gasteiger partial charge on any atom is 0.421 e. The third-order valence-electron chi connectivity index (χ3n) is 6.60. The number of anilines is 3. The summed E-state index contributed by atoms with van der Waals surface area (Å²) in [4.78, 5) is 24.3. The number of nitrogens with zero attached hydrogens (tertiary/aromatic N) is 6. The molecular formula is C24H35F3N8O2. The van der Waals surface area contributed by atoms with Crippen LogP contribution in [0.25, 0.3) is 0 Å². The quantitative estimate of drug-likeness (QED) is 0.457. The number of aryl methyl sites for hydroxylation is 1. The lowest BCUT2D eigenvalue weighted by Crippen LogP contribution is -2.38.